The fourth-order valence-electron chi connectivity index (χ4n) is 5.87. The first-order valence-corrected chi connectivity index (χ1v) is 8.62. The maximum absolute atomic E-state index is 11.8. The summed E-state index contributed by atoms with van der Waals surface area (Å²) in [5.41, 5.74) is 3.50. The zero-order valence-electron chi connectivity index (χ0n) is 13.1. The summed E-state index contributed by atoms with van der Waals surface area (Å²) >= 11 is 0. The predicted molar refractivity (Wildman–Crippen MR) is 82.6 cm³/mol. The Kier molecular flexibility index (Phi) is 2.98. The lowest BCUT2D eigenvalue weighted by molar-refractivity contribution is -0.124. The molecule has 4 aliphatic rings. The van der Waals surface area contributed by atoms with Crippen LogP contribution in [0.25, 0.3) is 0 Å². The molecular formula is C19H26O2. The molecule has 0 saturated heterocycles. The summed E-state index contributed by atoms with van der Waals surface area (Å²) in [6.45, 7) is 4.83. The number of carbonyl (C=O) groups is 1. The van der Waals surface area contributed by atoms with Gasteiger partial charge in [-0.3, -0.25) is 4.79 Å². The molecule has 2 nitrogen and oxygen atoms in total. The van der Waals surface area contributed by atoms with Gasteiger partial charge in [-0.05, 0) is 73.7 Å². The third-order valence-corrected chi connectivity index (χ3v) is 6.90. The van der Waals surface area contributed by atoms with Gasteiger partial charge in [0.1, 0.15) is 6.10 Å². The molecule has 0 spiro atoms. The second-order valence-electron chi connectivity index (χ2n) is 8.15. The highest BCUT2D eigenvalue weighted by atomic mass is 16.3. The highest BCUT2D eigenvalue weighted by molar-refractivity contribution is 5.95. The first-order chi connectivity index (χ1) is 9.99. The van der Waals surface area contributed by atoms with E-state index in [4.69, 9.17) is 0 Å². The number of hydrogen-bond acceptors (Lipinski definition) is 2. The zero-order valence-corrected chi connectivity index (χ0v) is 13.1. The van der Waals surface area contributed by atoms with Gasteiger partial charge in [-0.1, -0.05) is 31.1 Å². The summed E-state index contributed by atoms with van der Waals surface area (Å²) in [5, 5.41) is 10.0. The molecule has 0 radical (unpaired) electrons. The minimum Gasteiger partial charge on any atom is -0.385 e. The SMILES string of the molecule is C[C@@H]1CC2=CC(=O)C(O)C[C@@H]2[C@H]2CC[C@]3(C)CCC=C3[C@@H]21. The molecule has 0 aromatic rings. The summed E-state index contributed by atoms with van der Waals surface area (Å²) in [6.07, 6.45) is 10.4. The lowest BCUT2D eigenvalue weighted by Crippen LogP contribution is -2.46. The van der Waals surface area contributed by atoms with Crippen molar-refractivity contribution in [2.24, 2.45) is 29.1 Å². The molecule has 0 aromatic heterocycles. The number of aliphatic hydroxyl groups is 1. The molecule has 0 bridgehead atoms. The van der Waals surface area contributed by atoms with E-state index >= 15 is 0 Å². The molecule has 0 aromatic carbocycles. The first kappa shape index (κ1) is 13.8. The van der Waals surface area contributed by atoms with Crippen molar-refractivity contribution in [1.29, 1.82) is 0 Å². The van der Waals surface area contributed by atoms with E-state index in [2.05, 4.69) is 19.9 Å². The third-order valence-electron chi connectivity index (χ3n) is 6.90. The van der Waals surface area contributed by atoms with E-state index in [-0.39, 0.29) is 5.78 Å². The monoisotopic (exact) mass is 286 g/mol. The second kappa shape index (κ2) is 4.55. The number of allylic oxidation sites excluding steroid dienone is 3. The van der Waals surface area contributed by atoms with Crippen LogP contribution in [0.3, 0.4) is 0 Å². The molecule has 114 valence electrons. The maximum Gasteiger partial charge on any atom is 0.184 e. The van der Waals surface area contributed by atoms with Crippen molar-refractivity contribution < 1.29 is 9.90 Å². The van der Waals surface area contributed by atoms with Crippen LogP contribution < -0.4 is 0 Å². The van der Waals surface area contributed by atoms with Crippen LogP contribution in [0.15, 0.2) is 23.3 Å². The molecule has 1 N–H and O–H groups in total. The standard InChI is InChI=1S/C19H26O2/c1-11-8-12-9-16(20)17(21)10-14(12)13-5-7-19(2)6-3-4-15(19)18(11)13/h4,9,11,13-14,17-18,21H,3,5-8,10H2,1-2H3/t11-,13-,14+,17?,18-,19+/m1/s1. The van der Waals surface area contributed by atoms with Crippen LogP contribution in [0.5, 0.6) is 0 Å². The van der Waals surface area contributed by atoms with Gasteiger partial charge in [0.2, 0.25) is 0 Å². The fourth-order valence-corrected chi connectivity index (χ4v) is 5.87. The van der Waals surface area contributed by atoms with Gasteiger partial charge in [0, 0.05) is 0 Å². The van der Waals surface area contributed by atoms with Gasteiger partial charge in [0.15, 0.2) is 5.78 Å². The van der Waals surface area contributed by atoms with Crippen molar-refractivity contribution in [3.8, 4) is 0 Å². The van der Waals surface area contributed by atoms with Crippen LogP contribution in [0, 0.1) is 29.1 Å². The number of fused-ring (bicyclic) bond motifs is 5. The quantitative estimate of drug-likeness (QED) is 0.690. The van der Waals surface area contributed by atoms with E-state index in [0.29, 0.717) is 35.5 Å². The molecule has 6 atom stereocenters. The molecule has 4 aliphatic carbocycles. The van der Waals surface area contributed by atoms with Crippen LogP contribution in [0.1, 0.15) is 52.4 Å². The molecule has 0 heterocycles. The van der Waals surface area contributed by atoms with Gasteiger partial charge in [-0.25, -0.2) is 0 Å². The molecule has 1 unspecified atom stereocenters. The van der Waals surface area contributed by atoms with Crippen LogP contribution in [0.2, 0.25) is 0 Å². The van der Waals surface area contributed by atoms with Crippen molar-refractivity contribution in [2.45, 2.75) is 58.5 Å². The van der Waals surface area contributed by atoms with Gasteiger partial charge in [0.25, 0.3) is 0 Å². The van der Waals surface area contributed by atoms with Gasteiger partial charge in [-0.2, -0.15) is 0 Å². The molecule has 0 aliphatic heterocycles. The van der Waals surface area contributed by atoms with Crippen LogP contribution >= 0.6 is 0 Å². The van der Waals surface area contributed by atoms with E-state index in [1.54, 1.807) is 11.6 Å². The van der Waals surface area contributed by atoms with E-state index in [1.165, 1.54) is 31.3 Å². The average molecular weight is 286 g/mol. The van der Waals surface area contributed by atoms with Crippen LogP contribution in [-0.4, -0.2) is 17.0 Å². The van der Waals surface area contributed by atoms with Gasteiger partial charge in [0.05, 0.1) is 0 Å². The lowest BCUT2D eigenvalue weighted by atomic mass is 9.52. The lowest BCUT2D eigenvalue weighted by Gasteiger charge is -2.53. The Bertz CT molecular complexity index is 544. The number of rotatable bonds is 0. The molecular weight excluding hydrogens is 260 g/mol. The Morgan fingerprint density at radius 1 is 1.33 bits per heavy atom. The molecule has 2 heteroatoms. The summed E-state index contributed by atoms with van der Waals surface area (Å²) in [7, 11) is 0. The van der Waals surface area contributed by atoms with Crippen molar-refractivity contribution in [1.82, 2.24) is 0 Å². The van der Waals surface area contributed by atoms with Crippen molar-refractivity contribution in [3.63, 3.8) is 0 Å². The molecule has 4 rings (SSSR count). The minimum absolute atomic E-state index is 0.0624. The number of ketones is 1. The van der Waals surface area contributed by atoms with Gasteiger partial charge < -0.3 is 5.11 Å². The highest BCUT2D eigenvalue weighted by Gasteiger charge is 2.51. The number of aliphatic hydroxyl groups excluding tert-OH is 1. The third kappa shape index (κ3) is 1.91. The van der Waals surface area contributed by atoms with Gasteiger partial charge in [-0.15, -0.1) is 0 Å². The Hall–Kier alpha value is -0.890. The second-order valence-corrected chi connectivity index (χ2v) is 8.15. The smallest absolute Gasteiger partial charge is 0.184 e. The van der Waals surface area contributed by atoms with E-state index in [9.17, 15) is 9.90 Å². The molecule has 2 saturated carbocycles. The Morgan fingerprint density at radius 2 is 2.14 bits per heavy atom. The summed E-state index contributed by atoms with van der Waals surface area (Å²) in [4.78, 5) is 11.8. The van der Waals surface area contributed by atoms with Crippen LogP contribution in [-0.2, 0) is 4.79 Å². The Morgan fingerprint density at radius 3 is 2.95 bits per heavy atom. The van der Waals surface area contributed by atoms with E-state index in [0.717, 1.165) is 6.42 Å². The van der Waals surface area contributed by atoms with Crippen molar-refractivity contribution in [2.75, 3.05) is 0 Å². The fraction of sp³-hybridized carbons (Fsp3) is 0.737. The summed E-state index contributed by atoms with van der Waals surface area (Å²) < 4.78 is 0. The van der Waals surface area contributed by atoms with Crippen molar-refractivity contribution >= 4 is 5.78 Å². The van der Waals surface area contributed by atoms with Gasteiger partial charge >= 0.3 is 0 Å². The Balaban J connectivity index is 1.72. The molecule has 21 heavy (non-hydrogen) atoms. The summed E-state index contributed by atoms with van der Waals surface area (Å²) in [6, 6.07) is 0. The maximum atomic E-state index is 11.8. The van der Waals surface area contributed by atoms with E-state index in [1.807, 2.05) is 0 Å². The highest BCUT2D eigenvalue weighted by Crippen LogP contribution is 2.60. The van der Waals surface area contributed by atoms with Crippen molar-refractivity contribution in [3.05, 3.63) is 23.3 Å². The molecule has 2 fully saturated rings. The van der Waals surface area contributed by atoms with E-state index < -0.39 is 6.10 Å². The minimum atomic E-state index is -0.751. The topological polar surface area (TPSA) is 37.3 Å². The predicted octanol–water partition coefficient (Wildman–Crippen LogP) is 3.66. The summed E-state index contributed by atoms with van der Waals surface area (Å²) in [5.74, 6) is 2.37. The largest absolute Gasteiger partial charge is 0.385 e. The average Bonchev–Trinajstić information content (AvgIpc) is 2.82. The molecule has 0 amide bonds. The number of carbonyl (C=O) groups excluding carboxylic acids is 1. The normalized spacial score (nSPS) is 48.9. The Labute approximate surface area is 127 Å². The zero-order chi connectivity index (χ0) is 14.8. The number of hydrogen-bond donors (Lipinski definition) is 1. The van der Waals surface area contributed by atoms with Crippen LogP contribution in [0.4, 0.5) is 0 Å². The first-order valence-electron chi connectivity index (χ1n) is 8.62.